The summed E-state index contributed by atoms with van der Waals surface area (Å²) in [6.07, 6.45) is 11.2. The lowest BCUT2D eigenvalue weighted by Gasteiger charge is -2.46. The number of rotatable bonds is 6. The molecule has 0 saturated heterocycles. The molecule has 3 N–H and O–H groups in total. The smallest absolute Gasteiger partial charge is 0.0309 e. The summed E-state index contributed by atoms with van der Waals surface area (Å²) in [5.74, 6) is 3.06. The van der Waals surface area contributed by atoms with Gasteiger partial charge in [-0.1, -0.05) is 20.3 Å². The molecule has 0 radical (unpaired) electrons. The summed E-state index contributed by atoms with van der Waals surface area (Å²) in [4.78, 5) is 0. The fourth-order valence-electron chi connectivity index (χ4n) is 4.50. The molecule has 110 valence electrons. The molecular formula is C17H32N2. The van der Waals surface area contributed by atoms with E-state index in [4.69, 9.17) is 5.73 Å². The van der Waals surface area contributed by atoms with Crippen LogP contribution in [0.5, 0.6) is 0 Å². The van der Waals surface area contributed by atoms with Crippen molar-refractivity contribution in [2.75, 3.05) is 13.1 Å². The summed E-state index contributed by atoms with van der Waals surface area (Å²) in [7, 11) is 0. The average molecular weight is 264 g/mol. The molecule has 0 aromatic carbocycles. The van der Waals surface area contributed by atoms with Crippen LogP contribution in [0.4, 0.5) is 0 Å². The monoisotopic (exact) mass is 264 g/mol. The third-order valence-corrected chi connectivity index (χ3v) is 5.88. The van der Waals surface area contributed by atoms with Crippen LogP contribution in [0.25, 0.3) is 0 Å². The molecule has 0 bridgehead atoms. The van der Waals surface area contributed by atoms with Gasteiger partial charge in [-0.25, -0.2) is 0 Å². The van der Waals surface area contributed by atoms with E-state index >= 15 is 0 Å². The number of hydrogen-bond acceptors (Lipinski definition) is 2. The lowest BCUT2D eigenvalue weighted by Crippen LogP contribution is -2.56. The average Bonchev–Trinajstić information content (AvgIpc) is 3.22. The molecule has 3 aliphatic rings. The first-order valence-corrected chi connectivity index (χ1v) is 8.49. The molecule has 1 unspecified atom stereocenters. The van der Waals surface area contributed by atoms with Crippen LogP contribution in [0.2, 0.25) is 0 Å². The molecule has 3 fully saturated rings. The Morgan fingerprint density at radius 2 is 1.74 bits per heavy atom. The van der Waals surface area contributed by atoms with Crippen LogP contribution in [-0.4, -0.2) is 18.6 Å². The Bertz CT molecular complexity index is 305. The van der Waals surface area contributed by atoms with E-state index in [-0.39, 0.29) is 5.54 Å². The highest BCUT2D eigenvalue weighted by Gasteiger charge is 2.44. The minimum atomic E-state index is 0.240. The van der Waals surface area contributed by atoms with Gasteiger partial charge in [-0.05, 0) is 74.7 Å². The zero-order chi connectivity index (χ0) is 13.5. The van der Waals surface area contributed by atoms with E-state index in [0.29, 0.717) is 5.41 Å². The Morgan fingerprint density at radius 1 is 1.11 bits per heavy atom. The van der Waals surface area contributed by atoms with Crippen LogP contribution < -0.4 is 11.1 Å². The van der Waals surface area contributed by atoms with Crippen LogP contribution in [-0.2, 0) is 0 Å². The molecule has 0 aliphatic heterocycles. The molecule has 2 nitrogen and oxygen atoms in total. The SMILES string of the molecule is CC1(C)CCCC(CN)(NCC(C2CC2)C2CC2)C1. The van der Waals surface area contributed by atoms with E-state index in [1.165, 1.54) is 57.9 Å². The maximum atomic E-state index is 6.17. The van der Waals surface area contributed by atoms with Gasteiger partial charge in [-0.3, -0.25) is 0 Å². The first-order valence-electron chi connectivity index (χ1n) is 8.49. The Hall–Kier alpha value is -0.0800. The van der Waals surface area contributed by atoms with Gasteiger partial charge >= 0.3 is 0 Å². The molecule has 0 amide bonds. The highest BCUT2D eigenvalue weighted by atomic mass is 15.0. The molecular weight excluding hydrogens is 232 g/mol. The zero-order valence-corrected chi connectivity index (χ0v) is 12.9. The van der Waals surface area contributed by atoms with Gasteiger partial charge in [0.05, 0.1) is 0 Å². The van der Waals surface area contributed by atoms with Crippen LogP contribution in [0.3, 0.4) is 0 Å². The molecule has 0 heterocycles. The molecule has 3 aliphatic carbocycles. The zero-order valence-electron chi connectivity index (χ0n) is 12.9. The Balaban J connectivity index is 1.59. The van der Waals surface area contributed by atoms with Crippen molar-refractivity contribution in [1.29, 1.82) is 0 Å². The lowest BCUT2D eigenvalue weighted by atomic mass is 9.68. The van der Waals surface area contributed by atoms with Crippen molar-refractivity contribution in [1.82, 2.24) is 5.32 Å². The number of hydrogen-bond donors (Lipinski definition) is 2. The maximum Gasteiger partial charge on any atom is 0.0309 e. The Kier molecular flexibility index (Phi) is 3.68. The van der Waals surface area contributed by atoms with E-state index < -0.39 is 0 Å². The minimum absolute atomic E-state index is 0.240. The van der Waals surface area contributed by atoms with Crippen molar-refractivity contribution in [3.8, 4) is 0 Å². The topological polar surface area (TPSA) is 38.0 Å². The minimum Gasteiger partial charge on any atom is -0.329 e. The fourth-order valence-corrected chi connectivity index (χ4v) is 4.50. The molecule has 0 aromatic rings. The van der Waals surface area contributed by atoms with Crippen molar-refractivity contribution >= 4 is 0 Å². The maximum absolute atomic E-state index is 6.17. The summed E-state index contributed by atoms with van der Waals surface area (Å²) in [6.45, 7) is 6.89. The van der Waals surface area contributed by atoms with Gasteiger partial charge < -0.3 is 11.1 Å². The van der Waals surface area contributed by atoms with Crippen molar-refractivity contribution in [2.24, 2.45) is 28.9 Å². The molecule has 3 saturated carbocycles. The number of nitrogens with one attached hydrogen (secondary N) is 1. The van der Waals surface area contributed by atoms with E-state index in [2.05, 4.69) is 19.2 Å². The summed E-state index contributed by atoms with van der Waals surface area (Å²) in [6, 6.07) is 0. The van der Waals surface area contributed by atoms with E-state index in [0.717, 1.165) is 24.3 Å². The van der Waals surface area contributed by atoms with E-state index in [9.17, 15) is 0 Å². The van der Waals surface area contributed by atoms with Crippen LogP contribution in [0.1, 0.15) is 65.2 Å². The molecule has 2 heteroatoms. The quantitative estimate of drug-likeness (QED) is 0.772. The number of nitrogens with two attached hydrogens (primary N) is 1. The highest BCUT2D eigenvalue weighted by Crippen LogP contribution is 2.49. The molecule has 19 heavy (non-hydrogen) atoms. The second kappa shape index (κ2) is 5.04. The second-order valence-electron chi connectivity index (χ2n) is 8.40. The van der Waals surface area contributed by atoms with Crippen molar-refractivity contribution in [3.63, 3.8) is 0 Å². The third kappa shape index (κ3) is 3.33. The first kappa shape index (κ1) is 13.9. The molecule has 1 atom stereocenters. The summed E-state index contributed by atoms with van der Waals surface area (Å²) >= 11 is 0. The van der Waals surface area contributed by atoms with Gasteiger partial charge in [0.2, 0.25) is 0 Å². The second-order valence-corrected chi connectivity index (χ2v) is 8.40. The van der Waals surface area contributed by atoms with Crippen molar-refractivity contribution < 1.29 is 0 Å². The van der Waals surface area contributed by atoms with Crippen LogP contribution in [0.15, 0.2) is 0 Å². The Labute approximate surface area is 118 Å². The predicted octanol–water partition coefficient (Wildman–Crippen LogP) is 3.31. The van der Waals surface area contributed by atoms with Gasteiger partial charge in [-0.15, -0.1) is 0 Å². The van der Waals surface area contributed by atoms with Crippen molar-refractivity contribution in [3.05, 3.63) is 0 Å². The third-order valence-electron chi connectivity index (χ3n) is 5.88. The highest BCUT2D eigenvalue weighted by molar-refractivity contribution is 5.00. The van der Waals surface area contributed by atoms with Gasteiger partial charge in [0.1, 0.15) is 0 Å². The standard InChI is InChI=1S/C17H32N2/c1-16(2)8-3-9-17(11-16,12-18)19-10-15(13-4-5-13)14-6-7-14/h13-15,19H,3-12,18H2,1-2H3. The summed E-state index contributed by atoms with van der Waals surface area (Å²) in [5.41, 5.74) is 6.88. The molecule has 0 spiro atoms. The van der Waals surface area contributed by atoms with E-state index in [1.807, 2.05) is 0 Å². The lowest BCUT2D eigenvalue weighted by molar-refractivity contribution is 0.117. The fraction of sp³-hybridized carbons (Fsp3) is 1.00. The van der Waals surface area contributed by atoms with E-state index in [1.54, 1.807) is 0 Å². The van der Waals surface area contributed by atoms with Gasteiger partial charge in [0.15, 0.2) is 0 Å². The van der Waals surface area contributed by atoms with Crippen LogP contribution in [0, 0.1) is 23.2 Å². The molecule has 3 rings (SSSR count). The molecule has 0 aromatic heterocycles. The summed E-state index contributed by atoms with van der Waals surface area (Å²) < 4.78 is 0. The van der Waals surface area contributed by atoms with Gasteiger partial charge in [0, 0.05) is 12.1 Å². The largest absolute Gasteiger partial charge is 0.329 e. The normalized spacial score (nSPS) is 34.7. The van der Waals surface area contributed by atoms with Gasteiger partial charge in [-0.2, -0.15) is 0 Å². The van der Waals surface area contributed by atoms with Gasteiger partial charge in [0.25, 0.3) is 0 Å². The summed E-state index contributed by atoms with van der Waals surface area (Å²) in [5, 5.41) is 3.96. The first-order chi connectivity index (χ1) is 9.04. The Morgan fingerprint density at radius 3 is 2.21 bits per heavy atom. The van der Waals surface area contributed by atoms with Crippen molar-refractivity contribution in [2.45, 2.75) is 70.8 Å². The predicted molar refractivity (Wildman–Crippen MR) is 81.0 cm³/mol. The van der Waals surface area contributed by atoms with Crippen LogP contribution >= 0.6 is 0 Å².